The van der Waals surface area contributed by atoms with Gasteiger partial charge in [0.15, 0.2) is 0 Å². The van der Waals surface area contributed by atoms with Crippen LogP contribution in [0.5, 0.6) is 0 Å². The van der Waals surface area contributed by atoms with Gasteiger partial charge in [-0.05, 0) is 29.7 Å². The molecule has 1 unspecified atom stereocenters. The van der Waals surface area contributed by atoms with Gasteiger partial charge in [-0.1, -0.05) is 30.3 Å². The Morgan fingerprint density at radius 2 is 1.79 bits per heavy atom. The highest BCUT2D eigenvalue weighted by Gasteiger charge is 2.15. The Kier molecular flexibility index (Phi) is 4.14. The molecule has 0 bridgehead atoms. The van der Waals surface area contributed by atoms with E-state index in [1.165, 1.54) is 24.3 Å². The van der Waals surface area contributed by atoms with Crippen LogP contribution in [0.1, 0.15) is 22.8 Å². The lowest BCUT2D eigenvalue weighted by molar-refractivity contribution is 0.221. The minimum atomic E-state index is -0.903. The summed E-state index contributed by atoms with van der Waals surface area (Å²) in [6.45, 7) is 0.000294. The van der Waals surface area contributed by atoms with Crippen molar-refractivity contribution in [2.75, 3.05) is 12.3 Å². The van der Waals surface area contributed by atoms with E-state index < -0.39 is 6.10 Å². The fourth-order valence-electron chi connectivity index (χ4n) is 2.03. The number of nitrogens with two attached hydrogens (primary N) is 1. The van der Waals surface area contributed by atoms with Gasteiger partial charge in [0.1, 0.15) is 11.9 Å². The van der Waals surface area contributed by atoms with Gasteiger partial charge in [0.05, 0.1) is 0 Å². The number of halogens is 1. The van der Waals surface area contributed by atoms with Crippen molar-refractivity contribution in [3.63, 3.8) is 0 Å². The normalized spacial score (nSPS) is 12.4. The quantitative estimate of drug-likeness (QED) is 0.738. The highest BCUT2D eigenvalue weighted by molar-refractivity contribution is 5.56. The van der Waals surface area contributed by atoms with Crippen LogP contribution >= 0.6 is 0 Å². The van der Waals surface area contributed by atoms with Crippen molar-refractivity contribution < 1.29 is 14.6 Å². The Hall–Kier alpha value is -1.91. The first-order valence-corrected chi connectivity index (χ1v) is 6.05. The van der Waals surface area contributed by atoms with Crippen molar-refractivity contribution >= 4 is 5.69 Å². The predicted octanol–water partition coefficient (Wildman–Crippen LogP) is 2.02. The summed E-state index contributed by atoms with van der Waals surface area (Å²) in [7, 11) is 0. The molecule has 2 aromatic carbocycles. The fourth-order valence-corrected chi connectivity index (χ4v) is 2.03. The fraction of sp³-hybridized carbons (Fsp3) is 0.200. The van der Waals surface area contributed by atoms with Gasteiger partial charge in [-0.15, -0.1) is 0 Å². The minimum absolute atomic E-state index is 0.000294. The highest BCUT2D eigenvalue weighted by atomic mass is 19.1. The number of nitrogen functional groups attached to an aromatic ring is 1. The molecule has 100 valence electrons. The average molecular weight is 261 g/mol. The number of aliphatic hydroxyl groups excluding tert-OH is 2. The number of anilines is 1. The Morgan fingerprint density at radius 3 is 2.42 bits per heavy atom. The lowest BCUT2D eigenvalue weighted by Crippen LogP contribution is -2.07. The van der Waals surface area contributed by atoms with Crippen LogP contribution in [0, 0.1) is 5.82 Å². The number of hydrogen-bond donors (Lipinski definition) is 3. The zero-order valence-corrected chi connectivity index (χ0v) is 10.4. The summed E-state index contributed by atoms with van der Waals surface area (Å²) in [5.41, 5.74) is 8.40. The molecule has 0 aliphatic rings. The maximum atomic E-state index is 12.9. The van der Waals surface area contributed by atoms with E-state index in [1.807, 2.05) is 6.07 Å². The predicted molar refractivity (Wildman–Crippen MR) is 72.1 cm³/mol. The first-order chi connectivity index (χ1) is 9.13. The first kappa shape index (κ1) is 13.5. The van der Waals surface area contributed by atoms with Gasteiger partial charge in [0.25, 0.3) is 0 Å². The van der Waals surface area contributed by atoms with E-state index in [-0.39, 0.29) is 12.4 Å². The number of aliphatic hydroxyl groups is 2. The topological polar surface area (TPSA) is 66.5 Å². The second kappa shape index (κ2) is 5.82. The van der Waals surface area contributed by atoms with Crippen LogP contribution in [0.25, 0.3) is 0 Å². The van der Waals surface area contributed by atoms with E-state index in [9.17, 15) is 9.50 Å². The van der Waals surface area contributed by atoms with Gasteiger partial charge in [0, 0.05) is 17.9 Å². The SMILES string of the molecule is Nc1c(CCO)cccc1C(O)c1ccc(F)cc1. The molecule has 1 atom stereocenters. The Balaban J connectivity index is 2.35. The molecule has 4 heteroatoms. The summed E-state index contributed by atoms with van der Waals surface area (Å²) < 4.78 is 12.9. The molecule has 0 fully saturated rings. The third kappa shape index (κ3) is 2.92. The zero-order valence-electron chi connectivity index (χ0n) is 10.4. The van der Waals surface area contributed by atoms with Crippen molar-refractivity contribution in [2.45, 2.75) is 12.5 Å². The molecule has 0 radical (unpaired) electrons. The largest absolute Gasteiger partial charge is 0.398 e. The average Bonchev–Trinajstić information content (AvgIpc) is 2.41. The molecule has 0 amide bonds. The number of rotatable bonds is 4. The smallest absolute Gasteiger partial charge is 0.123 e. The standard InChI is InChI=1S/C15H16FNO2/c16-12-6-4-11(5-7-12)15(19)13-3-1-2-10(8-9-18)14(13)17/h1-7,15,18-19H,8-9,17H2. The summed E-state index contributed by atoms with van der Waals surface area (Å²) in [5.74, 6) is -0.349. The van der Waals surface area contributed by atoms with E-state index in [4.69, 9.17) is 10.8 Å². The first-order valence-electron chi connectivity index (χ1n) is 6.05. The van der Waals surface area contributed by atoms with Crippen LogP contribution in [0.3, 0.4) is 0 Å². The van der Waals surface area contributed by atoms with Crippen LogP contribution in [0.2, 0.25) is 0 Å². The summed E-state index contributed by atoms with van der Waals surface area (Å²) >= 11 is 0. The maximum Gasteiger partial charge on any atom is 0.123 e. The molecular formula is C15H16FNO2. The van der Waals surface area contributed by atoms with Crippen LogP contribution in [0.4, 0.5) is 10.1 Å². The van der Waals surface area contributed by atoms with Crippen molar-refractivity contribution in [3.8, 4) is 0 Å². The van der Waals surface area contributed by atoms with E-state index in [1.54, 1.807) is 12.1 Å². The summed E-state index contributed by atoms with van der Waals surface area (Å²) in [4.78, 5) is 0. The van der Waals surface area contributed by atoms with E-state index in [0.717, 1.165) is 5.56 Å². The Morgan fingerprint density at radius 1 is 1.11 bits per heavy atom. The van der Waals surface area contributed by atoms with Crippen LogP contribution in [-0.2, 0) is 6.42 Å². The maximum absolute atomic E-state index is 12.9. The molecule has 0 spiro atoms. The molecule has 0 aromatic heterocycles. The summed E-state index contributed by atoms with van der Waals surface area (Å²) in [5, 5.41) is 19.3. The number of benzene rings is 2. The molecule has 0 aliphatic carbocycles. The molecule has 19 heavy (non-hydrogen) atoms. The van der Waals surface area contributed by atoms with Gasteiger partial charge >= 0.3 is 0 Å². The number of para-hydroxylation sites is 1. The molecular weight excluding hydrogens is 245 g/mol. The highest BCUT2D eigenvalue weighted by Crippen LogP contribution is 2.29. The minimum Gasteiger partial charge on any atom is -0.398 e. The van der Waals surface area contributed by atoms with Crippen LogP contribution in [0.15, 0.2) is 42.5 Å². The molecule has 0 heterocycles. The van der Waals surface area contributed by atoms with Gasteiger partial charge < -0.3 is 15.9 Å². The third-order valence-corrected chi connectivity index (χ3v) is 3.09. The van der Waals surface area contributed by atoms with Gasteiger partial charge in [0.2, 0.25) is 0 Å². The molecule has 0 saturated carbocycles. The lowest BCUT2D eigenvalue weighted by Gasteiger charge is -2.16. The lowest BCUT2D eigenvalue weighted by atomic mass is 9.96. The molecule has 0 aliphatic heterocycles. The van der Waals surface area contributed by atoms with Gasteiger partial charge in [-0.3, -0.25) is 0 Å². The van der Waals surface area contributed by atoms with Crippen molar-refractivity contribution in [1.29, 1.82) is 0 Å². The molecule has 4 N–H and O–H groups in total. The van der Waals surface area contributed by atoms with Crippen LogP contribution < -0.4 is 5.73 Å². The summed E-state index contributed by atoms with van der Waals surface area (Å²) in [6, 6.07) is 11.0. The zero-order chi connectivity index (χ0) is 13.8. The summed E-state index contributed by atoms with van der Waals surface area (Å²) in [6.07, 6.45) is -0.463. The van der Waals surface area contributed by atoms with Crippen LogP contribution in [-0.4, -0.2) is 16.8 Å². The number of hydrogen-bond acceptors (Lipinski definition) is 3. The molecule has 2 aromatic rings. The Labute approximate surface area is 111 Å². The molecule has 2 rings (SSSR count). The van der Waals surface area contributed by atoms with E-state index in [0.29, 0.717) is 23.2 Å². The van der Waals surface area contributed by atoms with Gasteiger partial charge in [-0.2, -0.15) is 0 Å². The van der Waals surface area contributed by atoms with Crippen molar-refractivity contribution in [1.82, 2.24) is 0 Å². The molecule has 0 saturated heterocycles. The second-order valence-corrected chi connectivity index (χ2v) is 4.35. The monoisotopic (exact) mass is 261 g/mol. The van der Waals surface area contributed by atoms with Crippen molar-refractivity contribution in [2.24, 2.45) is 0 Å². The Bertz CT molecular complexity index is 555. The second-order valence-electron chi connectivity index (χ2n) is 4.35. The van der Waals surface area contributed by atoms with E-state index >= 15 is 0 Å². The molecule has 3 nitrogen and oxygen atoms in total. The van der Waals surface area contributed by atoms with Gasteiger partial charge in [-0.25, -0.2) is 4.39 Å². The van der Waals surface area contributed by atoms with Crippen molar-refractivity contribution in [3.05, 3.63) is 65.0 Å². The van der Waals surface area contributed by atoms with E-state index in [2.05, 4.69) is 0 Å². The third-order valence-electron chi connectivity index (χ3n) is 3.09.